The number of alkyl halides is 1. The molecule has 0 fully saturated rings. The quantitative estimate of drug-likeness (QED) is 0.446. The van der Waals surface area contributed by atoms with Gasteiger partial charge in [-0.25, -0.2) is 4.39 Å². The van der Waals surface area contributed by atoms with Crippen LogP contribution in [0.1, 0.15) is 15.8 Å². The number of halogens is 5. The maximum Gasteiger partial charge on any atom is 0.124 e. The number of hydrogen-bond acceptors (Lipinski definition) is 1. The van der Waals surface area contributed by atoms with E-state index in [4.69, 9.17) is 11.6 Å². The van der Waals surface area contributed by atoms with Gasteiger partial charge in [0.05, 0.1) is 9.16 Å². The SMILES string of the molecule is Fc1ccc(C(Cl)c2cc(Br)c(Br)s2)c(Br)c1. The van der Waals surface area contributed by atoms with Crippen molar-refractivity contribution < 1.29 is 4.39 Å². The van der Waals surface area contributed by atoms with Gasteiger partial charge in [0.25, 0.3) is 0 Å². The summed E-state index contributed by atoms with van der Waals surface area (Å²) < 4.78 is 15.6. The third-order valence-corrected chi connectivity index (χ3v) is 6.76. The van der Waals surface area contributed by atoms with Gasteiger partial charge in [0.2, 0.25) is 0 Å². The van der Waals surface area contributed by atoms with Gasteiger partial charge in [-0.3, -0.25) is 0 Å². The predicted molar refractivity (Wildman–Crippen MR) is 81.5 cm³/mol. The van der Waals surface area contributed by atoms with E-state index in [1.165, 1.54) is 12.1 Å². The summed E-state index contributed by atoms with van der Waals surface area (Å²) in [6, 6.07) is 6.48. The van der Waals surface area contributed by atoms with Crippen LogP contribution >= 0.6 is 70.7 Å². The summed E-state index contributed by atoms with van der Waals surface area (Å²) in [7, 11) is 0. The van der Waals surface area contributed by atoms with Gasteiger partial charge in [0.15, 0.2) is 0 Å². The Balaban J connectivity index is 2.39. The maximum atomic E-state index is 13.0. The van der Waals surface area contributed by atoms with Gasteiger partial charge >= 0.3 is 0 Å². The number of benzene rings is 1. The van der Waals surface area contributed by atoms with Crippen molar-refractivity contribution in [3.63, 3.8) is 0 Å². The molecule has 0 spiro atoms. The molecule has 0 N–H and O–H groups in total. The second-order valence-corrected chi connectivity index (χ2v) is 7.85. The first-order chi connectivity index (χ1) is 7.99. The first kappa shape index (κ1) is 14.0. The Morgan fingerprint density at radius 3 is 2.35 bits per heavy atom. The molecule has 6 heteroatoms. The lowest BCUT2D eigenvalue weighted by Gasteiger charge is -2.09. The van der Waals surface area contributed by atoms with Crippen molar-refractivity contribution >= 4 is 70.7 Å². The van der Waals surface area contributed by atoms with E-state index in [2.05, 4.69) is 47.8 Å². The molecule has 1 unspecified atom stereocenters. The van der Waals surface area contributed by atoms with Crippen LogP contribution in [0.15, 0.2) is 37.0 Å². The van der Waals surface area contributed by atoms with E-state index in [1.54, 1.807) is 17.4 Å². The molecular formula is C11H5Br3ClFS. The molecule has 2 aromatic rings. The fourth-order valence-electron chi connectivity index (χ4n) is 1.35. The molecule has 0 aliphatic carbocycles. The van der Waals surface area contributed by atoms with Gasteiger partial charge in [-0.15, -0.1) is 22.9 Å². The Morgan fingerprint density at radius 2 is 1.82 bits per heavy atom. The van der Waals surface area contributed by atoms with Crippen LogP contribution in [0, 0.1) is 5.82 Å². The third-order valence-electron chi connectivity index (χ3n) is 2.15. The van der Waals surface area contributed by atoms with Gasteiger partial charge < -0.3 is 0 Å². The fourth-order valence-corrected chi connectivity index (χ4v) is 4.53. The molecule has 0 nitrogen and oxygen atoms in total. The Labute approximate surface area is 133 Å². The van der Waals surface area contributed by atoms with Gasteiger partial charge in [-0.1, -0.05) is 22.0 Å². The largest absolute Gasteiger partial charge is 0.207 e. The van der Waals surface area contributed by atoms with Crippen molar-refractivity contribution in [3.8, 4) is 0 Å². The average Bonchev–Trinajstić information content (AvgIpc) is 2.58. The second kappa shape index (κ2) is 5.70. The first-order valence-electron chi connectivity index (χ1n) is 4.53. The fraction of sp³-hybridized carbons (Fsp3) is 0.0909. The van der Waals surface area contributed by atoms with Crippen LogP contribution in [0.3, 0.4) is 0 Å². The Bertz CT molecular complexity index is 536. The molecule has 1 aromatic heterocycles. The average molecular weight is 463 g/mol. The minimum Gasteiger partial charge on any atom is -0.207 e. The van der Waals surface area contributed by atoms with Crippen LogP contribution in [0.2, 0.25) is 0 Å². The maximum absolute atomic E-state index is 13.0. The van der Waals surface area contributed by atoms with E-state index < -0.39 is 0 Å². The molecule has 0 aliphatic heterocycles. The number of rotatable bonds is 2. The molecular weight excluding hydrogens is 458 g/mol. The van der Waals surface area contributed by atoms with Crippen LogP contribution in [0.5, 0.6) is 0 Å². The second-order valence-electron chi connectivity index (χ2n) is 3.30. The molecule has 17 heavy (non-hydrogen) atoms. The lowest BCUT2D eigenvalue weighted by molar-refractivity contribution is 0.626. The molecule has 1 heterocycles. The van der Waals surface area contributed by atoms with Crippen LogP contribution in [0.25, 0.3) is 0 Å². The molecule has 0 saturated carbocycles. The van der Waals surface area contributed by atoms with Crippen molar-refractivity contribution in [3.05, 3.63) is 53.3 Å². The lowest BCUT2D eigenvalue weighted by atomic mass is 10.1. The van der Waals surface area contributed by atoms with Crippen LogP contribution in [0.4, 0.5) is 4.39 Å². The van der Waals surface area contributed by atoms with Crippen LogP contribution < -0.4 is 0 Å². The molecule has 90 valence electrons. The summed E-state index contributed by atoms with van der Waals surface area (Å²) in [5.74, 6) is -0.280. The molecule has 1 aromatic carbocycles. The van der Waals surface area contributed by atoms with E-state index >= 15 is 0 Å². The third kappa shape index (κ3) is 3.13. The minimum absolute atomic E-state index is 0.280. The Morgan fingerprint density at radius 1 is 1.12 bits per heavy atom. The highest BCUT2D eigenvalue weighted by molar-refractivity contribution is 9.13. The molecule has 2 rings (SSSR count). The predicted octanol–water partition coefficient (Wildman–Crippen LogP) is 6.50. The monoisotopic (exact) mass is 460 g/mol. The van der Waals surface area contributed by atoms with Crippen molar-refractivity contribution in [2.75, 3.05) is 0 Å². The van der Waals surface area contributed by atoms with Crippen molar-refractivity contribution in [1.29, 1.82) is 0 Å². The van der Waals surface area contributed by atoms with Crippen LogP contribution in [-0.4, -0.2) is 0 Å². The van der Waals surface area contributed by atoms with Gasteiger partial charge in [0.1, 0.15) is 5.82 Å². The lowest BCUT2D eigenvalue weighted by Crippen LogP contribution is -1.92. The van der Waals surface area contributed by atoms with Gasteiger partial charge in [-0.2, -0.15) is 0 Å². The van der Waals surface area contributed by atoms with E-state index in [0.717, 1.165) is 18.7 Å². The highest BCUT2D eigenvalue weighted by atomic mass is 79.9. The smallest absolute Gasteiger partial charge is 0.124 e. The van der Waals surface area contributed by atoms with E-state index in [9.17, 15) is 4.39 Å². The molecule has 1 atom stereocenters. The Kier molecular flexibility index (Phi) is 4.69. The summed E-state index contributed by atoms with van der Waals surface area (Å²) in [5, 5.41) is -0.294. The normalized spacial score (nSPS) is 12.8. The molecule has 0 aliphatic rings. The van der Waals surface area contributed by atoms with E-state index in [1.807, 2.05) is 6.07 Å². The molecule has 0 saturated heterocycles. The highest BCUT2D eigenvalue weighted by Gasteiger charge is 2.18. The summed E-state index contributed by atoms with van der Waals surface area (Å²) in [6.45, 7) is 0. The van der Waals surface area contributed by atoms with Gasteiger partial charge in [-0.05, 0) is 55.6 Å². The zero-order chi connectivity index (χ0) is 12.6. The van der Waals surface area contributed by atoms with E-state index in [-0.39, 0.29) is 11.2 Å². The molecule has 0 bridgehead atoms. The van der Waals surface area contributed by atoms with Crippen molar-refractivity contribution in [2.24, 2.45) is 0 Å². The summed E-state index contributed by atoms with van der Waals surface area (Å²) in [6.07, 6.45) is 0. The summed E-state index contributed by atoms with van der Waals surface area (Å²) in [5.41, 5.74) is 0.856. The number of hydrogen-bond donors (Lipinski definition) is 0. The standard InChI is InChI=1S/C11H5Br3ClFS/c12-7-3-5(16)1-2-6(7)10(15)9-4-8(13)11(14)17-9/h1-4,10H. The first-order valence-corrected chi connectivity index (χ1v) is 8.16. The van der Waals surface area contributed by atoms with Crippen molar-refractivity contribution in [1.82, 2.24) is 0 Å². The van der Waals surface area contributed by atoms with Crippen LogP contribution in [-0.2, 0) is 0 Å². The molecule has 0 amide bonds. The zero-order valence-electron chi connectivity index (χ0n) is 8.18. The number of thiophene rings is 1. The summed E-state index contributed by atoms with van der Waals surface area (Å²) >= 11 is 18.1. The van der Waals surface area contributed by atoms with Crippen molar-refractivity contribution in [2.45, 2.75) is 5.38 Å². The van der Waals surface area contributed by atoms with Gasteiger partial charge in [0, 0.05) is 13.8 Å². The Hall–Kier alpha value is 0.580. The highest BCUT2D eigenvalue weighted by Crippen LogP contribution is 2.42. The molecule has 0 radical (unpaired) electrons. The zero-order valence-corrected chi connectivity index (χ0v) is 14.5. The summed E-state index contributed by atoms with van der Waals surface area (Å²) in [4.78, 5) is 0.998. The topological polar surface area (TPSA) is 0 Å². The van der Waals surface area contributed by atoms with E-state index in [0.29, 0.717) is 4.47 Å². The minimum atomic E-state index is -0.294.